The molecule has 1 atom stereocenters. The first-order valence-electron chi connectivity index (χ1n) is 9.18. The van der Waals surface area contributed by atoms with E-state index in [-0.39, 0.29) is 12.1 Å². The predicted molar refractivity (Wildman–Crippen MR) is 105 cm³/mol. The largest absolute Gasteiger partial charge is 0.338 e. The fraction of sp³-hybridized carbons (Fsp3) is 0.300. The Bertz CT molecular complexity index is 958. The van der Waals surface area contributed by atoms with Crippen molar-refractivity contribution in [3.63, 3.8) is 0 Å². The molecule has 0 radical (unpaired) electrons. The van der Waals surface area contributed by atoms with Gasteiger partial charge in [-0.3, -0.25) is 9.88 Å². The molecule has 3 heterocycles. The summed E-state index contributed by atoms with van der Waals surface area (Å²) >= 11 is 0. The SMILES string of the molecule is Cc1noc(C2CN(C(=O)Nc3cccnc3-c3ccccc3)CCN2C)n1. The molecular formula is C20H22N6O2. The molecule has 28 heavy (non-hydrogen) atoms. The summed E-state index contributed by atoms with van der Waals surface area (Å²) in [6, 6.07) is 13.2. The zero-order valence-electron chi connectivity index (χ0n) is 15.9. The van der Waals surface area contributed by atoms with Crippen LogP contribution >= 0.6 is 0 Å². The maximum absolute atomic E-state index is 12.9. The van der Waals surface area contributed by atoms with E-state index in [1.807, 2.05) is 49.5 Å². The van der Waals surface area contributed by atoms with E-state index in [0.29, 0.717) is 30.5 Å². The van der Waals surface area contributed by atoms with Crippen molar-refractivity contribution in [2.75, 3.05) is 32.0 Å². The van der Waals surface area contributed by atoms with E-state index in [4.69, 9.17) is 4.52 Å². The number of nitrogens with zero attached hydrogens (tertiary/aromatic N) is 5. The molecule has 0 bridgehead atoms. The summed E-state index contributed by atoms with van der Waals surface area (Å²) in [7, 11) is 1.99. The van der Waals surface area contributed by atoms with Gasteiger partial charge in [0.25, 0.3) is 0 Å². The monoisotopic (exact) mass is 378 g/mol. The molecule has 3 aromatic rings. The van der Waals surface area contributed by atoms with Crippen molar-refractivity contribution in [1.29, 1.82) is 0 Å². The first-order chi connectivity index (χ1) is 13.6. The zero-order chi connectivity index (χ0) is 19.5. The van der Waals surface area contributed by atoms with E-state index >= 15 is 0 Å². The van der Waals surface area contributed by atoms with Crippen LogP contribution in [-0.4, -0.2) is 57.6 Å². The number of urea groups is 1. The minimum Gasteiger partial charge on any atom is -0.338 e. The molecule has 1 aliphatic heterocycles. The molecule has 0 aliphatic carbocycles. The number of anilines is 1. The summed E-state index contributed by atoms with van der Waals surface area (Å²) < 4.78 is 5.33. The first kappa shape index (κ1) is 18.1. The van der Waals surface area contributed by atoms with Crippen LogP contribution in [0.5, 0.6) is 0 Å². The summed E-state index contributed by atoms with van der Waals surface area (Å²) in [5.74, 6) is 1.12. The normalized spacial score (nSPS) is 17.5. The van der Waals surface area contributed by atoms with Gasteiger partial charge in [-0.1, -0.05) is 35.5 Å². The lowest BCUT2D eigenvalue weighted by Crippen LogP contribution is -2.50. The minimum absolute atomic E-state index is 0.122. The Balaban J connectivity index is 1.51. The molecule has 4 rings (SSSR count). The van der Waals surface area contributed by atoms with Crippen molar-refractivity contribution in [1.82, 2.24) is 24.9 Å². The van der Waals surface area contributed by atoms with Gasteiger partial charge < -0.3 is 14.7 Å². The summed E-state index contributed by atoms with van der Waals surface area (Å²) in [5.41, 5.74) is 2.38. The molecule has 1 saturated heterocycles. The van der Waals surface area contributed by atoms with Crippen molar-refractivity contribution in [3.05, 3.63) is 60.4 Å². The van der Waals surface area contributed by atoms with Crippen LogP contribution in [0.2, 0.25) is 0 Å². The number of carbonyl (C=O) groups excluding carboxylic acids is 1. The van der Waals surface area contributed by atoms with Gasteiger partial charge in [0.05, 0.1) is 11.4 Å². The zero-order valence-corrected chi connectivity index (χ0v) is 15.9. The Morgan fingerprint density at radius 3 is 2.75 bits per heavy atom. The van der Waals surface area contributed by atoms with Crippen LogP contribution in [0.15, 0.2) is 53.2 Å². The molecule has 8 nitrogen and oxygen atoms in total. The fourth-order valence-corrected chi connectivity index (χ4v) is 3.30. The van der Waals surface area contributed by atoms with E-state index in [9.17, 15) is 4.79 Å². The molecule has 1 unspecified atom stereocenters. The van der Waals surface area contributed by atoms with Gasteiger partial charge in [-0.25, -0.2) is 4.79 Å². The summed E-state index contributed by atoms with van der Waals surface area (Å²) in [6.45, 7) is 3.60. The van der Waals surface area contributed by atoms with Crippen molar-refractivity contribution in [2.24, 2.45) is 0 Å². The standard InChI is InChI=1S/C20H22N6O2/c1-14-22-19(28-24-14)17-13-26(12-11-25(17)2)20(27)23-16-9-6-10-21-18(16)15-7-4-3-5-8-15/h3-10,17H,11-13H2,1-2H3,(H,23,27). The maximum atomic E-state index is 12.9. The number of rotatable bonds is 3. The Labute approximate surface area is 163 Å². The maximum Gasteiger partial charge on any atom is 0.322 e. The van der Waals surface area contributed by atoms with Gasteiger partial charge in [0.1, 0.15) is 6.04 Å². The van der Waals surface area contributed by atoms with Gasteiger partial charge in [0.15, 0.2) is 5.82 Å². The van der Waals surface area contributed by atoms with Gasteiger partial charge >= 0.3 is 6.03 Å². The van der Waals surface area contributed by atoms with Crippen LogP contribution < -0.4 is 5.32 Å². The molecule has 1 aromatic carbocycles. The molecule has 0 saturated carbocycles. The van der Waals surface area contributed by atoms with E-state index in [1.165, 1.54) is 0 Å². The van der Waals surface area contributed by atoms with E-state index in [2.05, 4.69) is 25.3 Å². The number of likely N-dealkylation sites (N-methyl/N-ethyl adjacent to an activating group) is 1. The van der Waals surface area contributed by atoms with Crippen molar-refractivity contribution in [2.45, 2.75) is 13.0 Å². The number of aryl methyl sites for hydroxylation is 1. The van der Waals surface area contributed by atoms with Crippen molar-refractivity contribution in [3.8, 4) is 11.3 Å². The number of carbonyl (C=O) groups is 1. The molecular weight excluding hydrogens is 356 g/mol. The molecule has 8 heteroatoms. The Morgan fingerprint density at radius 1 is 1.18 bits per heavy atom. The molecule has 1 aliphatic rings. The van der Waals surface area contributed by atoms with Gasteiger partial charge in [-0.05, 0) is 26.1 Å². The lowest BCUT2D eigenvalue weighted by Gasteiger charge is -2.37. The highest BCUT2D eigenvalue weighted by atomic mass is 16.5. The van der Waals surface area contributed by atoms with E-state index < -0.39 is 0 Å². The second-order valence-corrected chi connectivity index (χ2v) is 6.82. The Hall–Kier alpha value is -3.26. The summed E-state index contributed by atoms with van der Waals surface area (Å²) in [4.78, 5) is 25.6. The lowest BCUT2D eigenvalue weighted by molar-refractivity contribution is 0.0960. The van der Waals surface area contributed by atoms with Crippen LogP contribution in [0.4, 0.5) is 10.5 Å². The number of hydrogen-bond acceptors (Lipinski definition) is 6. The van der Waals surface area contributed by atoms with Crippen LogP contribution in [0, 0.1) is 6.92 Å². The van der Waals surface area contributed by atoms with E-state index in [0.717, 1.165) is 17.8 Å². The number of hydrogen-bond donors (Lipinski definition) is 1. The smallest absolute Gasteiger partial charge is 0.322 e. The summed E-state index contributed by atoms with van der Waals surface area (Å²) in [5, 5.41) is 6.88. The minimum atomic E-state index is -0.167. The number of nitrogens with one attached hydrogen (secondary N) is 1. The van der Waals surface area contributed by atoms with Crippen LogP contribution in [-0.2, 0) is 0 Å². The van der Waals surface area contributed by atoms with Crippen LogP contribution in [0.3, 0.4) is 0 Å². The molecule has 1 N–H and O–H groups in total. The van der Waals surface area contributed by atoms with Gasteiger partial charge in [0, 0.05) is 31.4 Å². The second kappa shape index (κ2) is 7.77. The highest BCUT2D eigenvalue weighted by Crippen LogP contribution is 2.27. The molecule has 2 amide bonds. The van der Waals surface area contributed by atoms with Crippen molar-refractivity contribution >= 4 is 11.7 Å². The highest BCUT2D eigenvalue weighted by molar-refractivity contribution is 5.93. The van der Waals surface area contributed by atoms with Gasteiger partial charge in [-0.2, -0.15) is 4.98 Å². The third-order valence-corrected chi connectivity index (χ3v) is 4.86. The fourth-order valence-electron chi connectivity index (χ4n) is 3.30. The second-order valence-electron chi connectivity index (χ2n) is 6.82. The average Bonchev–Trinajstić information content (AvgIpc) is 3.15. The van der Waals surface area contributed by atoms with Crippen molar-refractivity contribution < 1.29 is 9.32 Å². The van der Waals surface area contributed by atoms with Crippen LogP contribution in [0.1, 0.15) is 17.8 Å². The third kappa shape index (κ3) is 3.72. The molecule has 2 aromatic heterocycles. The number of pyridine rings is 1. The topological polar surface area (TPSA) is 87.4 Å². The van der Waals surface area contributed by atoms with Crippen LogP contribution in [0.25, 0.3) is 11.3 Å². The Kier molecular flexibility index (Phi) is 5.03. The third-order valence-electron chi connectivity index (χ3n) is 4.86. The Morgan fingerprint density at radius 2 is 2.00 bits per heavy atom. The number of aromatic nitrogens is 3. The predicted octanol–water partition coefficient (Wildman–Crippen LogP) is 2.96. The van der Waals surface area contributed by atoms with Gasteiger partial charge in [-0.15, -0.1) is 0 Å². The number of piperazine rings is 1. The summed E-state index contributed by atoms with van der Waals surface area (Å²) in [6.07, 6.45) is 1.72. The number of amides is 2. The average molecular weight is 378 g/mol. The molecule has 1 fully saturated rings. The van der Waals surface area contributed by atoms with Gasteiger partial charge in [0.2, 0.25) is 5.89 Å². The highest BCUT2D eigenvalue weighted by Gasteiger charge is 2.32. The number of benzene rings is 1. The lowest BCUT2D eigenvalue weighted by atomic mass is 10.1. The van der Waals surface area contributed by atoms with E-state index in [1.54, 1.807) is 18.0 Å². The quantitative estimate of drug-likeness (QED) is 0.754. The first-order valence-corrected chi connectivity index (χ1v) is 9.18. The molecule has 0 spiro atoms. The molecule has 144 valence electrons.